The topological polar surface area (TPSA) is 121 Å². The number of amidine groups is 1. The lowest BCUT2D eigenvalue weighted by Crippen LogP contribution is -2.44. The third-order valence-corrected chi connectivity index (χ3v) is 4.31. The van der Waals surface area contributed by atoms with Gasteiger partial charge in [-0.3, -0.25) is 4.98 Å². The second-order valence-electron chi connectivity index (χ2n) is 4.81. The Bertz CT molecular complexity index is 560. The monoisotopic (exact) mass is 315 g/mol. The van der Waals surface area contributed by atoms with Crippen molar-refractivity contribution in [1.29, 1.82) is 0 Å². The Kier molecular flexibility index (Phi) is 6.53. The van der Waals surface area contributed by atoms with Crippen LogP contribution in [0.3, 0.4) is 0 Å². The number of nitrogens with two attached hydrogens (primary N) is 1. The van der Waals surface area contributed by atoms with Gasteiger partial charge >= 0.3 is 0 Å². The Hall–Kier alpha value is -1.71. The van der Waals surface area contributed by atoms with Crippen molar-refractivity contribution in [2.45, 2.75) is 32.9 Å². The first-order chi connectivity index (χ1) is 9.85. The first-order valence-electron chi connectivity index (χ1n) is 6.48. The predicted molar refractivity (Wildman–Crippen MR) is 79.9 cm³/mol. The normalized spacial score (nSPS) is 13.0. The molecule has 1 aromatic rings. The minimum absolute atomic E-state index is 0.0223. The van der Waals surface area contributed by atoms with Crippen molar-refractivity contribution in [2.24, 2.45) is 10.9 Å². The number of rotatable bonds is 8. The number of hydrogen-bond acceptors (Lipinski definition) is 5. The standard InChI is InChI=1S/C12H21N5O3S/c1-10(2)16-21(19,20)17(7-5-12(13)15-18)9-11-4-3-6-14-8-11/h3-4,6,8,10,16,18H,5,7,9H2,1-2H3,(H2,13,15). The van der Waals surface area contributed by atoms with E-state index in [1.54, 1.807) is 38.4 Å². The minimum Gasteiger partial charge on any atom is -0.409 e. The maximum absolute atomic E-state index is 12.3. The van der Waals surface area contributed by atoms with Gasteiger partial charge in [-0.25, -0.2) is 0 Å². The molecule has 0 aliphatic carbocycles. The molecule has 1 heterocycles. The molecule has 0 aliphatic rings. The summed E-state index contributed by atoms with van der Waals surface area (Å²) in [7, 11) is -3.66. The molecule has 0 fully saturated rings. The van der Waals surface area contributed by atoms with Crippen molar-refractivity contribution in [3.63, 3.8) is 0 Å². The summed E-state index contributed by atoms with van der Waals surface area (Å²) in [6.45, 7) is 3.74. The van der Waals surface area contributed by atoms with Crippen LogP contribution >= 0.6 is 0 Å². The van der Waals surface area contributed by atoms with E-state index in [9.17, 15) is 8.42 Å². The number of oxime groups is 1. The van der Waals surface area contributed by atoms with Gasteiger partial charge in [0.05, 0.1) is 0 Å². The van der Waals surface area contributed by atoms with Crippen molar-refractivity contribution >= 4 is 16.0 Å². The summed E-state index contributed by atoms with van der Waals surface area (Å²) >= 11 is 0. The summed E-state index contributed by atoms with van der Waals surface area (Å²) in [6.07, 6.45) is 3.35. The lowest BCUT2D eigenvalue weighted by Gasteiger charge is -2.23. The van der Waals surface area contributed by atoms with Gasteiger partial charge in [0.2, 0.25) is 0 Å². The van der Waals surface area contributed by atoms with E-state index < -0.39 is 10.2 Å². The second kappa shape index (κ2) is 7.91. The van der Waals surface area contributed by atoms with Crippen LogP contribution in [0, 0.1) is 0 Å². The Balaban J connectivity index is 2.89. The Morgan fingerprint density at radius 3 is 2.81 bits per heavy atom. The lowest BCUT2D eigenvalue weighted by atomic mass is 10.3. The zero-order valence-corrected chi connectivity index (χ0v) is 12.9. The average Bonchev–Trinajstić information content (AvgIpc) is 2.42. The van der Waals surface area contributed by atoms with E-state index in [-0.39, 0.29) is 31.4 Å². The number of aromatic nitrogens is 1. The average molecular weight is 315 g/mol. The van der Waals surface area contributed by atoms with Crippen LogP contribution in [-0.4, -0.2) is 41.3 Å². The van der Waals surface area contributed by atoms with Crippen molar-refractivity contribution < 1.29 is 13.6 Å². The summed E-state index contributed by atoms with van der Waals surface area (Å²) in [5.41, 5.74) is 6.16. The van der Waals surface area contributed by atoms with Crippen LogP contribution in [0.2, 0.25) is 0 Å². The van der Waals surface area contributed by atoms with Gasteiger partial charge in [0, 0.05) is 37.9 Å². The Morgan fingerprint density at radius 2 is 2.29 bits per heavy atom. The van der Waals surface area contributed by atoms with Crippen LogP contribution in [0.15, 0.2) is 29.7 Å². The number of nitrogens with zero attached hydrogens (tertiary/aromatic N) is 3. The molecule has 0 amide bonds. The Morgan fingerprint density at radius 1 is 1.57 bits per heavy atom. The zero-order valence-electron chi connectivity index (χ0n) is 12.1. The van der Waals surface area contributed by atoms with Gasteiger partial charge < -0.3 is 10.9 Å². The van der Waals surface area contributed by atoms with E-state index in [1.807, 2.05) is 0 Å². The molecule has 0 spiro atoms. The van der Waals surface area contributed by atoms with Gasteiger partial charge in [0.25, 0.3) is 10.2 Å². The molecule has 1 aromatic heterocycles. The molecule has 0 saturated heterocycles. The van der Waals surface area contributed by atoms with E-state index in [0.29, 0.717) is 0 Å². The molecule has 1 rings (SSSR count). The second-order valence-corrected chi connectivity index (χ2v) is 6.52. The third kappa shape index (κ3) is 6.06. The Labute approximate surface area is 124 Å². The number of hydrogen-bond donors (Lipinski definition) is 3. The van der Waals surface area contributed by atoms with Crippen LogP contribution in [0.4, 0.5) is 0 Å². The van der Waals surface area contributed by atoms with Crippen molar-refractivity contribution in [2.75, 3.05) is 6.54 Å². The van der Waals surface area contributed by atoms with Gasteiger partial charge in [0.1, 0.15) is 5.84 Å². The molecule has 0 radical (unpaired) electrons. The van der Waals surface area contributed by atoms with Gasteiger partial charge in [-0.05, 0) is 25.5 Å². The molecule has 0 unspecified atom stereocenters. The first kappa shape index (κ1) is 17.3. The molecule has 0 bridgehead atoms. The van der Waals surface area contributed by atoms with E-state index >= 15 is 0 Å². The molecule has 0 saturated carbocycles. The van der Waals surface area contributed by atoms with E-state index in [2.05, 4.69) is 14.9 Å². The van der Waals surface area contributed by atoms with Gasteiger partial charge in [-0.1, -0.05) is 11.2 Å². The summed E-state index contributed by atoms with van der Waals surface area (Å²) < 4.78 is 28.3. The lowest BCUT2D eigenvalue weighted by molar-refractivity contribution is 0.315. The molecule has 0 aliphatic heterocycles. The first-order valence-corrected chi connectivity index (χ1v) is 7.92. The zero-order chi connectivity index (χ0) is 15.9. The molecule has 118 valence electrons. The van der Waals surface area contributed by atoms with Crippen molar-refractivity contribution in [1.82, 2.24) is 14.0 Å². The van der Waals surface area contributed by atoms with Gasteiger partial charge in [0.15, 0.2) is 0 Å². The largest absolute Gasteiger partial charge is 0.409 e. The van der Waals surface area contributed by atoms with Gasteiger partial charge in [-0.2, -0.15) is 17.4 Å². The summed E-state index contributed by atoms with van der Waals surface area (Å²) in [5, 5.41) is 11.4. The van der Waals surface area contributed by atoms with Crippen LogP contribution in [0.1, 0.15) is 25.8 Å². The highest BCUT2D eigenvalue weighted by atomic mass is 32.2. The smallest absolute Gasteiger partial charge is 0.279 e. The fourth-order valence-corrected chi connectivity index (χ4v) is 3.04. The predicted octanol–water partition coefficient (Wildman–Crippen LogP) is 0.263. The highest BCUT2D eigenvalue weighted by Gasteiger charge is 2.23. The van der Waals surface area contributed by atoms with Crippen LogP contribution in [-0.2, 0) is 16.8 Å². The fraction of sp³-hybridized carbons (Fsp3) is 0.500. The van der Waals surface area contributed by atoms with E-state index in [4.69, 9.17) is 10.9 Å². The number of pyridine rings is 1. The summed E-state index contributed by atoms with van der Waals surface area (Å²) in [4.78, 5) is 3.96. The van der Waals surface area contributed by atoms with Crippen molar-refractivity contribution in [3.8, 4) is 0 Å². The van der Waals surface area contributed by atoms with Crippen LogP contribution < -0.4 is 10.5 Å². The summed E-state index contributed by atoms with van der Waals surface area (Å²) in [6, 6.07) is 3.30. The molecule has 0 aromatic carbocycles. The SMILES string of the molecule is CC(C)NS(=O)(=O)N(CC/C(N)=N/O)Cc1cccnc1. The fourth-order valence-electron chi connectivity index (χ4n) is 1.64. The molecule has 8 nitrogen and oxygen atoms in total. The molecule has 21 heavy (non-hydrogen) atoms. The van der Waals surface area contributed by atoms with Crippen LogP contribution in [0.5, 0.6) is 0 Å². The molecular formula is C12H21N5O3S. The maximum atomic E-state index is 12.3. The molecule has 9 heteroatoms. The third-order valence-electron chi connectivity index (χ3n) is 2.55. The van der Waals surface area contributed by atoms with E-state index in [0.717, 1.165) is 5.56 Å². The maximum Gasteiger partial charge on any atom is 0.279 e. The minimum atomic E-state index is -3.66. The quantitative estimate of drug-likeness (QED) is 0.275. The highest BCUT2D eigenvalue weighted by Crippen LogP contribution is 2.09. The van der Waals surface area contributed by atoms with Crippen LogP contribution in [0.25, 0.3) is 0 Å². The van der Waals surface area contributed by atoms with E-state index in [1.165, 1.54) is 4.31 Å². The molecule has 0 atom stereocenters. The summed E-state index contributed by atoms with van der Waals surface area (Å²) in [5.74, 6) is -0.0223. The van der Waals surface area contributed by atoms with Crippen molar-refractivity contribution in [3.05, 3.63) is 30.1 Å². The highest BCUT2D eigenvalue weighted by molar-refractivity contribution is 7.87. The number of nitrogens with one attached hydrogen (secondary N) is 1. The molecule has 4 N–H and O–H groups in total. The van der Waals surface area contributed by atoms with Gasteiger partial charge in [-0.15, -0.1) is 0 Å². The molecular weight excluding hydrogens is 294 g/mol.